The number of allylic oxidation sites excluding steroid dienone is 5. The van der Waals surface area contributed by atoms with Crippen LogP contribution >= 0.6 is 0 Å². The van der Waals surface area contributed by atoms with Gasteiger partial charge in [-0.15, -0.1) is 0 Å². The molecular weight excluding hydrogens is 618 g/mol. The summed E-state index contributed by atoms with van der Waals surface area (Å²) in [6.45, 7) is 4.17. The summed E-state index contributed by atoms with van der Waals surface area (Å²) in [5.41, 5.74) is 0. The van der Waals surface area contributed by atoms with Gasteiger partial charge in [-0.3, -0.25) is 4.79 Å². The van der Waals surface area contributed by atoms with Gasteiger partial charge in [0.15, 0.2) is 0 Å². The van der Waals surface area contributed by atoms with E-state index in [0.29, 0.717) is 6.42 Å². The molecule has 0 rings (SSSR count). The van der Waals surface area contributed by atoms with Crippen LogP contribution in [0.1, 0.15) is 219 Å². The second-order valence-corrected chi connectivity index (χ2v) is 14.9. The van der Waals surface area contributed by atoms with Crippen LogP contribution in [0.2, 0.25) is 0 Å². The Bertz CT molecular complexity index is 779. The molecule has 0 aliphatic rings. The van der Waals surface area contributed by atoms with E-state index in [0.717, 1.165) is 38.5 Å². The van der Waals surface area contributed by atoms with Crippen LogP contribution in [-0.2, 0) is 4.79 Å². The number of amides is 1. The van der Waals surface area contributed by atoms with Gasteiger partial charge in [-0.05, 0) is 57.8 Å². The molecule has 0 radical (unpaired) electrons. The molecule has 0 fully saturated rings. The van der Waals surface area contributed by atoms with Gasteiger partial charge in [0.05, 0.1) is 18.8 Å². The van der Waals surface area contributed by atoms with Gasteiger partial charge in [-0.2, -0.15) is 0 Å². The molecule has 5 nitrogen and oxygen atoms in total. The molecular formula is C45H85NO4. The highest BCUT2D eigenvalue weighted by atomic mass is 16.3. The topological polar surface area (TPSA) is 89.8 Å². The lowest BCUT2D eigenvalue weighted by Gasteiger charge is -2.21. The van der Waals surface area contributed by atoms with Crippen LogP contribution in [0.4, 0.5) is 0 Å². The highest BCUT2D eigenvalue weighted by Crippen LogP contribution is 2.14. The zero-order valence-corrected chi connectivity index (χ0v) is 33.3. The number of aliphatic hydroxyl groups excluding tert-OH is 3. The number of carbonyl (C=O) groups is 1. The smallest absolute Gasteiger partial charge is 0.249 e. The molecule has 0 aliphatic heterocycles. The SMILES string of the molecule is CCCCCCCCCCC/C=C\CCCCCCCCC(O)C(=O)NC(CO)C(O)/C=C/CC/C=C/CCCCCCCCCCCCC. The Morgan fingerprint density at radius 3 is 1.22 bits per heavy atom. The Balaban J connectivity index is 3.73. The van der Waals surface area contributed by atoms with E-state index < -0.39 is 24.2 Å². The first-order valence-electron chi connectivity index (χ1n) is 21.8. The van der Waals surface area contributed by atoms with Crippen molar-refractivity contribution in [1.29, 1.82) is 0 Å². The van der Waals surface area contributed by atoms with Crippen molar-refractivity contribution in [2.24, 2.45) is 0 Å². The lowest BCUT2D eigenvalue weighted by Crippen LogP contribution is -2.48. The second kappa shape index (κ2) is 40.3. The molecule has 0 aliphatic carbocycles. The summed E-state index contributed by atoms with van der Waals surface area (Å²) in [6.07, 6.45) is 50.3. The van der Waals surface area contributed by atoms with Crippen molar-refractivity contribution in [3.8, 4) is 0 Å². The molecule has 0 aromatic carbocycles. The molecule has 0 saturated carbocycles. The van der Waals surface area contributed by atoms with Crippen LogP contribution in [-0.4, -0.2) is 46.1 Å². The number of carbonyl (C=O) groups excluding carboxylic acids is 1. The Morgan fingerprint density at radius 1 is 0.480 bits per heavy atom. The minimum Gasteiger partial charge on any atom is -0.394 e. The maximum absolute atomic E-state index is 12.4. The zero-order chi connectivity index (χ0) is 36.6. The van der Waals surface area contributed by atoms with E-state index in [1.807, 2.05) is 6.08 Å². The van der Waals surface area contributed by atoms with E-state index >= 15 is 0 Å². The molecule has 0 saturated heterocycles. The first-order valence-corrected chi connectivity index (χ1v) is 21.8. The fourth-order valence-electron chi connectivity index (χ4n) is 6.49. The van der Waals surface area contributed by atoms with Gasteiger partial charge in [0.25, 0.3) is 0 Å². The molecule has 294 valence electrons. The minimum absolute atomic E-state index is 0.378. The third kappa shape index (κ3) is 35.0. The van der Waals surface area contributed by atoms with Gasteiger partial charge in [0.1, 0.15) is 6.10 Å². The molecule has 3 unspecified atom stereocenters. The van der Waals surface area contributed by atoms with Crippen LogP contribution < -0.4 is 5.32 Å². The van der Waals surface area contributed by atoms with Gasteiger partial charge in [0.2, 0.25) is 5.91 Å². The molecule has 0 heterocycles. The fourth-order valence-corrected chi connectivity index (χ4v) is 6.49. The molecule has 5 heteroatoms. The Kier molecular flexibility index (Phi) is 39.2. The largest absolute Gasteiger partial charge is 0.394 e. The Labute approximate surface area is 311 Å². The van der Waals surface area contributed by atoms with Crippen molar-refractivity contribution < 1.29 is 20.1 Å². The monoisotopic (exact) mass is 704 g/mol. The number of aliphatic hydroxyl groups is 3. The summed E-state index contributed by atoms with van der Waals surface area (Å²) in [6, 6.07) is -0.816. The van der Waals surface area contributed by atoms with E-state index in [1.54, 1.807) is 6.08 Å². The summed E-state index contributed by atoms with van der Waals surface area (Å²) >= 11 is 0. The third-order valence-corrected chi connectivity index (χ3v) is 9.95. The van der Waals surface area contributed by atoms with E-state index in [2.05, 4.69) is 43.5 Å². The maximum atomic E-state index is 12.4. The number of nitrogens with one attached hydrogen (secondary N) is 1. The van der Waals surface area contributed by atoms with E-state index in [-0.39, 0.29) is 6.61 Å². The predicted octanol–water partition coefficient (Wildman–Crippen LogP) is 12.4. The molecule has 0 spiro atoms. The first-order chi connectivity index (χ1) is 24.6. The second-order valence-electron chi connectivity index (χ2n) is 14.9. The standard InChI is InChI=1S/C45H85NO4/c1-3-5-7-9-11-13-15-17-19-21-22-24-26-28-30-32-34-36-38-40-44(49)45(50)46-42(41-47)43(48)39-37-35-33-31-29-27-25-23-20-18-16-14-12-10-8-6-4-2/h22,24,29,31,37,39,42-44,47-49H,3-21,23,25-28,30,32-36,38,40-41H2,1-2H3,(H,46,50)/b24-22-,31-29+,39-37+. The summed E-state index contributed by atoms with van der Waals surface area (Å²) in [5, 5.41) is 33.1. The third-order valence-electron chi connectivity index (χ3n) is 9.95. The van der Waals surface area contributed by atoms with Crippen LogP contribution in [0, 0.1) is 0 Å². The van der Waals surface area contributed by atoms with E-state index in [9.17, 15) is 20.1 Å². The quantitative estimate of drug-likeness (QED) is 0.0379. The van der Waals surface area contributed by atoms with Crippen molar-refractivity contribution in [2.45, 2.75) is 238 Å². The Hall–Kier alpha value is -1.43. The lowest BCUT2D eigenvalue weighted by molar-refractivity contribution is -0.131. The van der Waals surface area contributed by atoms with E-state index in [1.165, 1.54) is 161 Å². The number of hydrogen-bond donors (Lipinski definition) is 4. The average molecular weight is 704 g/mol. The van der Waals surface area contributed by atoms with Gasteiger partial charge < -0.3 is 20.6 Å². The van der Waals surface area contributed by atoms with Crippen molar-refractivity contribution in [2.75, 3.05) is 6.61 Å². The number of hydrogen-bond acceptors (Lipinski definition) is 4. The molecule has 3 atom stereocenters. The average Bonchev–Trinajstić information content (AvgIpc) is 3.12. The zero-order valence-electron chi connectivity index (χ0n) is 33.3. The predicted molar refractivity (Wildman–Crippen MR) is 218 cm³/mol. The van der Waals surface area contributed by atoms with E-state index in [4.69, 9.17) is 0 Å². The summed E-state index contributed by atoms with van der Waals surface area (Å²) < 4.78 is 0. The number of rotatable bonds is 39. The van der Waals surface area contributed by atoms with Crippen molar-refractivity contribution in [3.05, 3.63) is 36.5 Å². The summed E-state index contributed by atoms with van der Waals surface area (Å²) in [7, 11) is 0. The van der Waals surface area contributed by atoms with Gasteiger partial charge in [0, 0.05) is 0 Å². The molecule has 0 bridgehead atoms. The molecule has 4 N–H and O–H groups in total. The summed E-state index contributed by atoms with van der Waals surface area (Å²) in [5.74, 6) is -0.518. The number of unbranched alkanes of at least 4 members (excludes halogenated alkanes) is 27. The van der Waals surface area contributed by atoms with Crippen molar-refractivity contribution in [3.63, 3.8) is 0 Å². The lowest BCUT2D eigenvalue weighted by atomic mass is 10.0. The summed E-state index contributed by atoms with van der Waals surface area (Å²) in [4.78, 5) is 12.4. The van der Waals surface area contributed by atoms with Crippen LogP contribution in [0.15, 0.2) is 36.5 Å². The Morgan fingerprint density at radius 2 is 0.820 bits per heavy atom. The van der Waals surface area contributed by atoms with Crippen LogP contribution in [0.25, 0.3) is 0 Å². The molecule has 0 aromatic heterocycles. The highest BCUT2D eigenvalue weighted by molar-refractivity contribution is 5.80. The van der Waals surface area contributed by atoms with Crippen molar-refractivity contribution in [1.82, 2.24) is 5.32 Å². The molecule has 0 aromatic rings. The minimum atomic E-state index is -1.11. The molecule has 50 heavy (non-hydrogen) atoms. The van der Waals surface area contributed by atoms with Crippen LogP contribution in [0.3, 0.4) is 0 Å². The van der Waals surface area contributed by atoms with Gasteiger partial charge in [-0.1, -0.05) is 198 Å². The highest BCUT2D eigenvalue weighted by Gasteiger charge is 2.22. The van der Waals surface area contributed by atoms with Gasteiger partial charge in [-0.25, -0.2) is 0 Å². The first kappa shape index (κ1) is 48.6. The maximum Gasteiger partial charge on any atom is 0.249 e. The normalized spacial score (nSPS) is 13.9. The molecule has 1 amide bonds. The van der Waals surface area contributed by atoms with Crippen LogP contribution in [0.5, 0.6) is 0 Å². The fraction of sp³-hybridized carbons (Fsp3) is 0.844. The van der Waals surface area contributed by atoms with Crippen molar-refractivity contribution >= 4 is 5.91 Å². The van der Waals surface area contributed by atoms with Gasteiger partial charge >= 0.3 is 0 Å².